The van der Waals surface area contributed by atoms with Crippen LogP contribution in [0.3, 0.4) is 0 Å². The molecule has 25 heavy (non-hydrogen) atoms. The van der Waals surface area contributed by atoms with Gasteiger partial charge in [-0.3, -0.25) is 9.59 Å². The highest BCUT2D eigenvalue weighted by Gasteiger charge is 2.41. The third kappa shape index (κ3) is 3.17. The van der Waals surface area contributed by atoms with E-state index in [0.29, 0.717) is 19.6 Å². The third-order valence-electron chi connectivity index (χ3n) is 6.06. The maximum absolute atomic E-state index is 12.9. The Morgan fingerprint density at radius 1 is 1.16 bits per heavy atom. The Hall–Kier alpha value is -1.88. The monoisotopic (exact) mass is 342 g/mol. The van der Waals surface area contributed by atoms with Crippen LogP contribution in [0.1, 0.15) is 30.4 Å². The first-order chi connectivity index (χ1) is 12.1. The fourth-order valence-electron chi connectivity index (χ4n) is 4.54. The Balaban J connectivity index is 1.37. The van der Waals surface area contributed by atoms with Crippen molar-refractivity contribution in [2.75, 3.05) is 33.3 Å². The van der Waals surface area contributed by atoms with Gasteiger partial charge in [-0.1, -0.05) is 24.3 Å². The number of piperidine rings is 1. The van der Waals surface area contributed by atoms with Gasteiger partial charge in [0.15, 0.2) is 0 Å². The van der Waals surface area contributed by atoms with Crippen molar-refractivity contribution in [3.63, 3.8) is 0 Å². The molecular weight excluding hydrogens is 316 g/mol. The second kappa shape index (κ2) is 6.45. The molecule has 0 unspecified atom stereocenters. The van der Waals surface area contributed by atoms with Crippen LogP contribution in [-0.2, 0) is 27.2 Å². The first-order valence-corrected chi connectivity index (χ1v) is 9.30. The van der Waals surface area contributed by atoms with Crippen molar-refractivity contribution in [2.24, 2.45) is 5.92 Å². The van der Waals surface area contributed by atoms with E-state index < -0.39 is 0 Å². The van der Waals surface area contributed by atoms with Crippen molar-refractivity contribution >= 4 is 11.8 Å². The Morgan fingerprint density at radius 2 is 1.80 bits per heavy atom. The summed E-state index contributed by atoms with van der Waals surface area (Å²) >= 11 is 0. The minimum atomic E-state index is -0.268. The predicted molar refractivity (Wildman–Crippen MR) is 94.1 cm³/mol. The van der Waals surface area contributed by atoms with Crippen molar-refractivity contribution in [1.82, 2.24) is 9.80 Å². The SMILES string of the molecule is CN1CC2(CCN(C(=O)C3Cc4ccccc4C3)CC2)OCCC1=O. The van der Waals surface area contributed by atoms with Gasteiger partial charge in [0.2, 0.25) is 11.8 Å². The lowest BCUT2D eigenvalue weighted by Gasteiger charge is -2.42. The fourth-order valence-corrected chi connectivity index (χ4v) is 4.54. The Bertz CT molecular complexity index is 654. The molecule has 0 atom stereocenters. The summed E-state index contributed by atoms with van der Waals surface area (Å²) in [5.74, 6) is 0.522. The van der Waals surface area contributed by atoms with Crippen LogP contribution in [0.25, 0.3) is 0 Å². The molecule has 2 aliphatic heterocycles. The highest BCUT2D eigenvalue weighted by atomic mass is 16.5. The fraction of sp³-hybridized carbons (Fsp3) is 0.600. The summed E-state index contributed by atoms with van der Waals surface area (Å²) in [7, 11) is 1.85. The van der Waals surface area contributed by atoms with Gasteiger partial charge in [0.1, 0.15) is 0 Å². The summed E-state index contributed by atoms with van der Waals surface area (Å²) in [5, 5.41) is 0. The molecule has 4 rings (SSSR count). The topological polar surface area (TPSA) is 49.9 Å². The number of carbonyl (C=O) groups is 2. The zero-order chi connectivity index (χ0) is 17.4. The van der Waals surface area contributed by atoms with Crippen LogP contribution in [-0.4, -0.2) is 60.5 Å². The molecule has 1 aromatic rings. The third-order valence-corrected chi connectivity index (χ3v) is 6.06. The van der Waals surface area contributed by atoms with Gasteiger partial charge in [0.05, 0.1) is 18.6 Å². The van der Waals surface area contributed by atoms with Crippen LogP contribution < -0.4 is 0 Å². The van der Waals surface area contributed by atoms with E-state index in [1.54, 1.807) is 4.90 Å². The summed E-state index contributed by atoms with van der Waals surface area (Å²) in [4.78, 5) is 28.6. The van der Waals surface area contributed by atoms with Crippen molar-refractivity contribution in [3.8, 4) is 0 Å². The molecule has 5 heteroatoms. The largest absolute Gasteiger partial charge is 0.372 e. The number of rotatable bonds is 1. The number of benzene rings is 1. The molecule has 5 nitrogen and oxygen atoms in total. The van der Waals surface area contributed by atoms with E-state index in [2.05, 4.69) is 24.3 Å². The Morgan fingerprint density at radius 3 is 2.44 bits per heavy atom. The van der Waals surface area contributed by atoms with Crippen LogP contribution >= 0.6 is 0 Å². The van der Waals surface area contributed by atoms with E-state index in [0.717, 1.165) is 38.8 Å². The van der Waals surface area contributed by atoms with E-state index in [1.165, 1.54) is 11.1 Å². The number of likely N-dealkylation sites (tertiary alicyclic amines) is 1. The van der Waals surface area contributed by atoms with Crippen molar-refractivity contribution < 1.29 is 14.3 Å². The van der Waals surface area contributed by atoms with Gasteiger partial charge in [-0.2, -0.15) is 0 Å². The molecule has 2 amide bonds. The first kappa shape index (κ1) is 16.6. The smallest absolute Gasteiger partial charge is 0.226 e. The molecule has 1 aromatic carbocycles. The van der Waals surface area contributed by atoms with Gasteiger partial charge in [0.25, 0.3) is 0 Å². The second-order valence-corrected chi connectivity index (χ2v) is 7.73. The number of nitrogens with zero attached hydrogens (tertiary/aromatic N) is 2. The number of fused-ring (bicyclic) bond motifs is 1. The molecule has 2 fully saturated rings. The molecular formula is C20H26N2O3. The summed E-state index contributed by atoms with van der Waals surface area (Å²) in [6, 6.07) is 8.38. The van der Waals surface area contributed by atoms with Gasteiger partial charge in [0, 0.05) is 32.6 Å². The molecule has 0 bridgehead atoms. The molecule has 0 N–H and O–H groups in total. The quantitative estimate of drug-likeness (QED) is 0.780. The van der Waals surface area contributed by atoms with Gasteiger partial charge in [-0.25, -0.2) is 0 Å². The molecule has 3 aliphatic rings. The zero-order valence-electron chi connectivity index (χ0n) is 14.9. The van der Waals surface area contributed by atoms with Gasteiger partial charge in [-0.15, -0.1) is 0 Å². The zero-order valence-corrected chi connectivity index (χ0v) is 14.9. The second-order valence-electron chi connectivity index (χ2n) is 7.73. The molecule has 0 aromatic heterocycles. The normalized spacial score (nSPS) is 23.6. The van der Waals surface area contributed by atoms with E-state index in [4.69, 9.17) is 4.74 Å². The summed E-state index contributed by atoms with van der Waals surface area (Å²) < 4.78 is 6.08. The highest BCUT2D eigenvalue weighted by Crippen LogP contribution is 2.32. The molecule has 1 spiro atoms. The molecule has 0 radical (unpaired) electrons. The Kier molecular flexibility index (Phi) is 4.28. The molecule has 0 saturated carbocycles. The van der Waals surface area contributed by atoms with Gasteiger partial charge in [-0.05, 0) is 36.8 Å². The highest BCUT2D eigenvalue weighted by molar-refractivity contribution is 5.80. The number of carbonyl (C=O) groups excluding carboxylic acids is 2. The molecule has 2 heterocycles. The minimum absolute atomic E-state index is 0.0887. The average Bonchev–Trinajstić information content (AvgIpc) is 3.00. The summed E-state index contributed by atoms with van der Waals surface area (Å²) in [6.07, 6.45) is 3.82. The summed E-state index contributed by atoms with van der Waals surface area (Å²) in [6.45, 7) is 2.60. The lowest BCUT2D eigenvalue weighted by Crippen LogP contribution is -2.53. The lowest BCUT2D eigenvalue weighted by molar-refractivity contribution is -0.143. The van der Waals surface area contributed by atoms with Crippen LogP contribution in [0.15, 0.2) is 24.3 Å². The lowest BCUT2D eigenvalue weighted by atomic mass is 9.89. The van der Waals surface area contributed by atoms with E-state index in [1.807, 2.05) is 11.9 Å². The molecule has 134 valence electrons. The maximum atomic E-state index is 12.9. The minimum Gasteiger partial charge on any atom is -0.372 e. The van der Waals surface area contributed by atoms with E-state index in [-0.39, 0.29) is 23.3 Å². The van der Waals surface area contributed by atoms with Crippen molar-refractivity contribution in [1.29, 1.82) is 0 Å². The van der Waals surface area contributed by atoms with Crippen LogP contribution in [0.2, 0.25) is 0 Å². The Labute approximate surface area is 148 Å². The number of hydrogen-bond donors (Lipinski definition) is 0. The number of hydrogen-bond acceptors (Lipinski definition) is 3. The van der Waals surface area contributed by atoms with E-state index >= 15 is 0 Å². The van der Waals surface area contributed by atoms with Crippen LogP contribution in [0.4, 0.5) is 0 Å². The summed E-state index contributed by atoms with van der Waals surface area (Å²) in [5.41, 5.74) is 2.37. The number of amides is 2. The van der Waals surface area contributed by atoms with Gasteiger partial charge < -0.3 is 14.5 Å². The van der Waals surface area contributed by atoms with Crippen molar-refractivity contribution in [3.05, 3.63) is 35.4 Å². The number of likely N-dealkylation sites (N-methyl/N-ethyl adjacent to an activating group) is 1. The van der Waals surface area contributed by atoms with Gasteiger partial charge >= 0.3 is 0 Å². The number of ether oxygens (including phenoxy) is 1. The molecule has 2 saturated heterocycles. The van der Waals surface area contributed by atoms with Crippen LogP contribution in [0, 0.1) is 5.92 Å². The maximum Gasteiger partial charge on any atom is 0.226 e. The van der Waals surface area contributed by atoms with Crippen molar-refractivity contribution in [2.45, 2.75) is 37.7 Å². The standard InChI is InChI=1S/C20H26N2O3/c1-21-14-20(25-11-6-18(21)23)7-9-22(10-8-20)19(24)17-12-15-4-2-3-5-16(15)13-17/h2-5,17H,6-14H2,1H3. The first-order valence-electron chi connectivity index (χ1n) is 9.30. The molecule has 1 aliphatic carbocycles. The predicted octanol–water partition coefficient (Wildman–Crippen LogP) is 1.64. The van der Waals surface area contributed by atoms with Crippen LogP contribution in [0.5, 0.6) is 0 Å². The average molecular weight is 342 g/mol. The van der Waals surface area contributed by atoms with E-state index in [9.17, 15) is 9.59 Å².